The van der Waals surface area contributed by atoms with Crippen LogP contribution in [0, 0.1) is 0 Å². The van der Waals surface area contributed by atoms with E-state index < -0.39 is 11.9 Å². The Hall–Kier alpha value is -2.69. The number of para-hydroxylation sites is 1. The van der Waals surface area contributed by atoms with Crippen LogP contribution in [0.2, 0.25) is 0 Å². The van der Waals surface area contributed by atoms with Crippen LogP contribution in [-0.2, 0) is 4.74 Å². The summed E-state index contributed by atoms with van der Waals surface area (Å²) in [7, 11) is 1.58. The second-order valence-corrected chi connectivity index (χ2v) is 4.63. The Bertz CT molecular complexity index is 665. The summed E-state index contributed by atoms with van der Waals surface area (Å²) in [5.41, 5.74) is 0.383. The Morgan fingerprint density at radius 3 is 2.33 bits per heavy atom. The molecule has 0 saturated carbocycles. The van der Waals surface area contributed by atoms with E-state index in [1.807, 2.05) is 0 Å². The molecule has 0 fully saturated rings. The third-order valence-electron chi connectivity index (χ3n) is 3.04. The van der Waals surface area contributed by atoms with Gasteiger partial charge < -0.3 is 18.9 Å². The number of esters is 1. The largest absolute Gasteiger partial charge is 0.497 e. The molecule has 1 atom stereocenters. The van der Waals surface area contributed by atoms with Gasteiger partial charge in [-0.25, -0.2) is 4.79 Å². The Morgan fingerprint density at radius 1 is 0.952 bits per heavy atom. The van der Waals surface area contributed by atoms with Gasteiger partial charge in [0.15, 0.2) is 0 Å². The average Bonchev–Trinajstić information content (AvgIpc) is 2.47. The first-order chi connectivity index (χ1) is 10.1. The summed E-state index contributed by atoms with van der Waals surface area (Å²) in [6, 6.07) is 13.8. The number of benzene rings is 2. The lowest BCUT2D eigenvalue weighted by Gasteiger charge is -2.33. The minimum Gasteiger partial charge on any atom is -0.497 e. The molecular weight excluding hydrogens is 272 g/mol. The van der Waals surface area contributed by atoms with Gasteiger partial charge in [-0.3, -0.25) is 0 Å². The summed E-state index contributed by atoms with van der Waals surface area (Å²) in [6.45, 7) is 1.55. The van der Waals surface area contributed by atoms with E-state index in [9.17, 15) is 4.79 Å². The Morgan fingerprint density at radius 2 is 1.62 bits per heavy atom. The molecule has 0 aromatic heterocycles. The van der Waals surface area contributed by atoms with Crippen molar-refractivity contribution in [3.8, 4) is 17.2 Å². The molecule has 108 valence electrons. The Balaban J connectivity index is 1.83. The highest BCUT2D eigenvalue weighted by Gasteiger charge is 2.40. The minimum absolute atomic E-state index is 0.383. The topological polar surface area (TPSA) is 54.0 Å². The number of ether oxygens (including phenoxy) is 4. The fraction of sp³-hybridized carbons (Fsp3) is 0.188. The lowest BCUT2D eigenvalue weighted by atomic mass is 10.2. The summed E-state index contributed by atoms with van der Waals surface area (Å²) in [6.07, 6.45) is 0. The van der Waals surface area contributed by atoms with Gasteiger partial charge in [0, 0.05) is 0 Å². The molecule has 0 N–H and O–H groups in total. The summed E-state index contributed by atoms with van der Waals surface area (Å²) in [4.78, 5) is 12.0. The van der Waals surface area contributed by atoms with E-state index in [-0.39, 0.29) is 0 Å². The number of rotatable bonds is 3. The van der Waals surface area contributed by atoms with Crippen LogP contribution in [0.4, 0.5) is 0 Å². The van der Waals surface area contributed by atoms with E-state index in [0.29, 0.717) is 22.8 Å². The molecule has 1 unspecified atom stereocenters. The summed E-state index contributed by atoms with van der Waals surface area (Å²) >= 11 is 0. The van der Waals surface area contributed by atoms with E-state index in [4.69, 9.17) is 18.9 Å². The number of hydrogen-bond donors (Lipinski definition) is 0. The van der Waals surface area contributed by atoms with E-state index in [1.165, 1.54) is 0 Å². The number of fused-ring (bicyclic) bond motifs is 1. The van der Waals surface area contributed by atoms with Gasteiger partial charge >= 0.3 is 11.9 Å². The Labute approximate surface area is 122 Å². The standard InChI is InChI=1S/C16H14O5/c1-16(19-12-9-7-11(18-2)8-10-12)20-14-6-4-3-5-13(14)15(17)21-16/h3-10H,1-2H3. The number of carbonyl (C=O) groups is 1. The van der Waals surface area contributed by atoms with Gasteiger partial charge in [0.25, 0.3) is 0 Å². The van der Waals surface area contributed by atoms with Gasteiger partial charge in [-0.2, -0.15) is 0 Å². The van der Waals surface area contributed by atoms with Crippen LogP contribution < -0.4 is 14.2 Å². The molecule has 0 aliphatic carbocycles. The number of methoxy groups -OCH3 is 1. The molecule has 3 rings (SSSR count). The molecule has 2 aromatic rings. The van der Waals surface area contributed by atoms with E-state index in [1.54, 1.807) is 62.6 Å². The first kappa shape index (κ1) is 13.3. The van der Waals surface area contributed by atoms with E-state index >= 15 is 0 Å². The molecule has 0 bridgehead atoms. The highest BCUT2D eigenvalue weighted by Crippen LogP contribution is 2.33. The van der Waals surface area contributed by atoms with Gasteiger partial charge in [0.2, 0.25) is 0 Å². The number of carbonyl (C=O) groups excluding carboxylic acids is 1. The molecule has 5 heteroatoms. The molecule has 0 amide bonds. The summed E-state index contributed by atoms with van der Waals surface area (Å²) < 4.78 is 21.6. The van der Waals surface area contributed by atoms with Crippen LogP contribution in [0.5, 0.6) is 17.2 Å². The fourth-order valence-corrected chi connectivity index (χ4v) is 2.07. The second-order valence-electron chi connectivity index (χ2n) is 4.63. The summed E-state index contributed by atoms with van der Waals surface area (Å²) in [5.74, 6) is -0.331. The van der Waals surface area contributed by atoms with Crippen LogP contribution in [0.1, 0.15) is 17.3 Å². The Kier molecular flexibility index (Phi) is 3.17. The van der Waals surface area contributed by atoms with Crippen LogP contribution in [-0.4, -0.2) is 19.1 Å². The third-order valence-corrected chi connectivity index (χ3v) is 3.04. The molecule has 2 aromatic carbocycles. The lowest BCUT2D eigenvalue weighted by molar-refractivity contribution is -0.263. The van der Waals surface area contributed by atoms with Gasteiger partial charge in [-0.15, -0.1) is 0 Å². The second kappa shape index (κ2) is 5.01. The van der Waals surface area contributed by atoms with Crippen molar-refractivity contribution in [2.24, 2.45) is 0 Å². The quantitative estimate of drug-likeness (QED) is 0.812. The highest BCUT2D eigenvalue weighted by atomic mass is 16.9. The number of cyclic esters (lactones) is 1. The van der Waals surface area contributed by atoms with E-state index in [0.717, 1.165) is 0 Å². The molecule has 1 aliphatic rings. The van der Waals surface area contributed by atoms with Crippen molar-refractivity contribution in [2.75, 3.05) is 7.11 Å². The first-order valence-corrected chi connectivity index (χ1v) is 6.44. The molecule has 0 saturated heterocycles. The third kappa shape index (κ3) is 2.63. The minimum atomic E-state index is -1.50. The van der Waals surface area contributed by atoms with Crippen molar-refractivity contribution in [3.63, 3.8) is 0 Å². The van der Waals surface area contributed by atoms with Crippen molar-refractivity contribution in [1.29, 1.82) is 0 Å². The first-order valence-electron chi connectivity index (χ1n) is 6.44. The molecule has 1 aliphatic heterocycles. The normalized spacial score (nSPS) is 20.0. The van der Waals surface area contributed by atoms with Crippen molar-refractivity contribution in [1.82, 2.24) is 0 Å². The fourth-order valence-electron chi connectivity index (χ4n) is 2.07. The summed E-state index contributed by atoms with van der Waals surface area (Å²) in [5, 5.41) is 0. The van der Waals surface area contributed by atoms with Crippen LogP contribution >= 0.6 is 0 Å². The predicted octanol–water partition coefficient (Wildman–Crippen LogP) is 3.00. The smallest absolute Gasteiger partial charge is 0.416 e. The van der Waals surface area contributed by atoms with E-state index in [2.05, 4.69) is 0 Å². The monoisotopic (exact) mass is 286 g/mol. The lowest BCUT2D eigenvalue weighted by Crippen LogP contribution is -2.46. The van der Waals surface area contributed by atoms with Crippen LogP contribution in [0.15, 0.2) is 48.5 Å². The van der Waals surface area contributed by atoms with Gasteiger partial charge in [-0.1, -0.05) is 12.1 Å². The maximum Gasteiger partial charge on any atom is 0.416 e. The zero-order valence-corrected chi connectivity index (χ0v) is 11.7. The molecule has 1 heterocycles. The zero-order valence-electron chi connectivity index (χ0n) is 11.7. The van der Waals surface area contributed by atoms with Gasteiger partial charge in [0.05, 0.1) is 14.0 Å². The highest BCUT2D eigenvalue weighted by molar-refractivity contribution is 5.93. The average molecular weight is 286 g/mol. The van der Waals surface area contributed by atoms with Crippen LogP contribution in [0.3, 0.4) is 0 Å². The van der Waals surface area contributed by atoms with Crippen molar-refractivity contribution in [2.45, 2.75) is 12.9 Å². The van der Waals surface area contributed by atoms with Crippen LogP contribution in [0.25, 0.3) is 0 Å². The SMILES string of the molecule is COc1ccc(OC2(C)OC(=O)c3ccccc3O2)cc1. The van der Waals surface area contributed by atoms with Gasteiger partial charge in [-0.05, 0) is 36.4 Å². The predicted molar refractivity (Wildman–Crippen MR) is 74.5 cm³/mol. The van der Waals surface area contributed by atoms with Crippen molar-refractivity contribution >= 4 is 5.97 Å². The number of hydrogen-bond acceptors (Lipinski definition) is 5. The maximum absolute atomic E-state index is 12.0. The van der Waals surface area contributed by atoms with Crippen molar-refractivity contribution in [3.05, 3.63) is 54.1 Å². The molecule has 0 spiro atoms. The molecule has 21 heavy (non-hydrogen) atoms. The zero-order chi connectivity index (χ0) is 14.9. The van der Waals surface area contributed by atoms with Gasteiger partial charge in [0.1, 0.15) is 22.8 Å². The molecule has 0 radical (unpaired) electrons. The van der Waals surface area contributed by atoms with Crippen molar-refractivity contribution < 1.29 is 23.7 Å². The maximum atomic E-state index is 12.0. The molecular formula is C16H14O5. The molecule has 5 nitrogen and oxygen atoms in total.